The van der Waals surface area contributed by atoms with Crippen LogP contribution in [0.2, 0.25) is 0 Å². The fraction of sp³-hybridized carbons (Fsp3) is 0.577. The molecule has 5 rings (SSSR count). The lowest BCUT2D eigenvalue weighted by Gasteiger charge is -2.40. The fourth-order valence-electron chi connectivity index (χ4n) is 5.14. The van der Waals surface area contributed by atoms with Crippen molar-refractivity contribution in [3.05, 3.63) is 24.4 Å². The number of aromatic nitrogens is 2. The first-order chi connectivity index (χ1) is 16.8. The molecule has 9 nitrogen and oxygen atoms in total. The van der Waals surface area contributed by atoms with E-state index in [4.69, 9.17) is 19.2 Å². The molecule has 2 aliphatic heterocycles. The highest BCUT2D eigenvalue weighted by Gasteiger charge is 2.45. The summed E-state index contributed by atoms with van der Waals surface area (Å²) in [5, 5.41) is 3.25. The van der Waals surface area contributed by atoms with Gasteiger partial charge in [-0.15, -0.1) is 0 Å². The van der Waals surface area contributed by atoms with E-state index in [-0.39, 0.29) is 18.1 Å². The molecule has 1 aromatic carbocycles. The Labute approximate surface area is 206 Å². The number of hydrogen-bond acceptors (Lipinski definition) is 8. The number of ether oxygens (including phenoxy) is 3. The summed E-state index contributed by atoms with van der Waals surface area (Å²) in [5.41, 5.74) is -0.222. The van der Waals surface area contributed by atoms with Crippen molar-refractivity contribution >= 4 is 23.4 Å². The van der Waals surface area contributed by atoms with Gasteiger partial charge in [0.2, 0.25) is 5.95 Å². The molecule has 188 valence electrons. The predicted molar refractivity (Wildman–Crippen MR) is 134 cm³/mol. The van der Waals surface area contributed by atoms with E-state index in [0.29, 0.717) is 23.3 Å². The van der Waals surface area contributed by atoms with E-state index in [1.54, 1.807) is 27.2 Å². The second kappa shape index (κ2) is 9.53. The van der Waals surface area contributed by atoms with Crippen molar-refractivity contribution in [1.29, 1.82) is 0 Å². The molecule has 1 amide bonds. The lowest BCUT2D eigenvalue weighted by Crippen LogP contribution is -2.55. The lowest BCUT2D eigenvalue weighted by atomic mass is 10.0. The third kappa shape index (κ3) is 4.87. The van der Waals surface area contributed by atoms with Crippen LogP contribution in [0.25, 0.3) is 0 Å². The zero-order chi connectivity index (χ0) is 24.6. The SMILES string of the molecule is COc1cc(OC2CCN(C)CC2)ccc1Nc1ncc2c(n1)N(C1CCCC1)C(=O)C(C)(C)O2. The first kappa shape index (κ1) is 23.7. The van der Waals surface area contributed by atoms with E-state index in [1.807, 2.05) is 23.1 Å². The van der Waals surface area contributed by atoms with E-state index in [1.165, 1.54) is 0 Å². The maximum Gasteiger partial charge on any atom is 0.272 e. The van der Waals surface area contributed by atoms with Gasteiger partial charge in [0, 0.05) is 25.2 Å². The molecule has 1 N–H and O–H groups in total. The van der Waals surface area contributed by atoms with Crippen LogP contribution in [0.1, 0.15) is 52.4 Å². The van der Waals surface area contributed by atoms with Crippen molar-refractivity contribution in [2.75, 3.05) is 37.5 Å². The van der Waals surface area contributed by atoms with Crippen molar-refractivity contribution in [1.82, 2.24) is 14.9 Å². The minimum Gasteiger partial charge on any atom is -0.494 e. The van der Waals surface area contributed by atoms with E-state index in [9.17, 15) is 4.79 Å². The molecule has 1 aromatic heterocycles. The normalized spacial score (nSPS) is 20.9. The van der Waals surface area contributed by atoms with Crippen LogP contribution in [0.5, 0.6) is 17.2 Å². The molecule has 1 aliphatic carbocycles. The average Bonchev–Trinajstić information content (AvgIpc) is 3.37. The van der Waals surface area contributed by atoms with Gasteiger partial charge < -0.3 is 24.4 Å². The minimum absolute atomic E-state index is 0.0606. The van der Waals surface area contributed by atoms with E-state index < -0.39 is 5.60 Å². The van der Waals surface area contributed by atoms with Crippen LogP contribution >= 0.6 is 0 Å². The zero-order valence-corrected chi connectivity index (χ0v) is 21.0. The van der Waals surface area contributed by atoms with Crippen molar-refractivity contribution in [3.8, 4) is 17.2 Å². The van der Waals surface area contributed by atoms with Gasteiger partial charge in [0.25, 0.3) is 5.91 Å². The van der Waals surface area contributed by atoms with E-state index in [0.717, 1.165) is 63.1 Å². The number of hydrogen-bond donors (Lipinski definition) is 1. The summed E-state index contributed by atoms with van der Waals surface area (Å²) in [6, 6.07) is 5.86. The zero-order valence-electron chi connectivity index (χ0n) is 21.0. The standard InChI is InChI=1S/C26H35N5O4/c1-26(2)24(32)31(17-7-5-6-8-17)23-22(35-26)16-27-25(29-23)28-20-10-9-19(15-21(20)33-4)34-18-11-13-30(3)14-12-18/h9-10,15-18H,5-8,11-14H2,1-4H3,(H,27,28,29). The van der Waals surface area contributed by atoms with Gasteiger partial charge in [-0.1, -0.05) is 12.8 Å². The molecule has 0 unspecified atom stereocenters. The van der Waals surface area contributed by atoms with Crippen LogP contribution in [0.15, 0.2) is 24.4 Å². The second-order valence-electron chi connectivity index (χ2n) is 10.2. The Morgan fingerprint density at radius 3 is 2.60 bits per heavy atom. The second-order valence-corrected chi connectivity index (χ2v) is 10.2. The Bertz CT molecular complexity index is 1080. The molecule has 2 fully saturated rings. The van der Waals surface area contributed by atoms with Crippen LogP contribution in [-0.2, 0) is 4.79 Å². The quantitative estimate of drug-likeness (QED) is 0.658. The summed E-state index contributed by atoms with van der Waals surface area (Å²) in [7, 11) is 3.77. The molecule has 9 heteroatoms. The lowest BCUT2D eigenvalue weighted by molar-refractivity contribution is -0.133. The molecular weight excluding hydrogens is 446 g/mol. The monoisotopic (exact) mass is 481 g/mol. The molecule has 0 spiro atoms. The predicted octanol–water partition coefficient (Wildman–Crippen LogP) is 4.15. The van der Waals surface area contributed by atoms with Crippen molar-refractivity contribution in [2.24, 2.45) is 0 Å². The number of methoxy groups -OCH3 is 1. The number of anilines is 3. The summed E-state index contributed by atoms with van der Waals surface area (Å²) >= 11 is 0. The Hall–Kier alpha value is -3.07. The molecule has 2 aromatic rings. The number of rotatable bonds is 6. The first-order valence-electron chi connectivity index (χ1n) is 12.5. The number of nitrogens with one attached hydrogen (secondary N) is 1. The van der Waals surface area contributed by atoms with Crippen molar-refractivity contribution in [3.63, 3.8) is 0 Å². The molecule has 1 saturated carbocycles. The van der Waals surface area contributed by atoms with Gasteiger partial charge >= 0.3 is 0 Å². The fourth-order valence-corrected chi connectivity index (χ4v) is 5.14. The topological polar surface area (TPSA) is 89.1 Å². The summed E-state index contributed by atoms with van der Waals surface area (Å²) in [4.78, 5) is 26.6. The van der Waals surface area contributed by atoms with Gasteiger partial charge in [0.05, 0.1) is 19.0 Å². The maximum atomic E-state index is 13.3. The average molecular weight is 482 g/mol. The third-order valence-electron chi connectivity index (χ3n) is 7.14. The van der Waals surface area contributed by atoms with Crippen molar-refractivity contribution in [2.45, 2.75) is 70.1 Å². The van der Waals surface area contributed by atoms with Crippen molar-refractivity contribution < 1.29 is 19.0 Å². The van der Waals surface area contributed by atoms with Gasteiger partial charge in [-0.25, -0.2) is 4.98 Å². The number of benzene rings is 1. The Morgan fingerprint density at radius 2 is 1.89 bits per heavy atom. The van der Waals surface area contributed by atoms with E-state index >= 15 is 0 Å². The van der Waals surface area contributed by atoms with Gasteiger partial charge in [-0.05, 0) is 58.7 Å². The smallest absolute Gasteiger partial charge is 0.272 e. The van der Waals surface area contributed by atoms with Crippen LogP contribution in [0.4, 0.5) is 17.5 Å². The molecule has 0 radical (unpaired) electrons. The highest BCUT2D eigenvalue weighted by atomic mass is 16.5. The summed E-state index contributed by atoms with van der Waals surface area (Å²) < 4.78 is 17.8. The number of carbonyl (C=O) groups excluding carboxylic acids is 1. The maximum absolute atomic E-state index is 13.3. The van der Waals surface area contributed by atoms with Gasteiger partial charge in [-0.3, -0.25) is 9.69 Å². The number of fused-ring (bicyclic) bond motifs is 1. The first-order valence-corrected chi connectivity index (χ1v) is 12.5. The third-order valence-corrected chi connectivity index (χ3v) is 7.14. The largest absolute Gasteiger partial charge is 0.494 e. The number of piperidine rings is 1. The van der Waals surface area contributed by atoms with Crippen LogP contribution in [0.3, 0.4) is 0 Å². The molecule has 0 bridgehead atoms. The number of nitrogens with zero attached hydrogens (tertiary/aromatic N) is 4. The number of carbonyl (C=O) groups is 1. The Kier molecular flexibility index (Phi) is 6.44. The molecular formula is C26H35N5O4. The van der Waals surface area contributed by atoms with Crippen LogP contribution in [-0.4, -0.2) is 65.8 Å². The molecule has 3 aliphatic rings. The number of likely N-dealkylation sites (tertiary alicyclic amines) is 1. The minimum atomic E-state index is -0.944. The number of amides is 1. The molecule has 0 atom stereocenters. The van der Waals surface area contributed by atoms with Crippen LogP contribution < -0.4 is 24.4 Å². The molecule has 1 saturated heterocycles. The Morgan fingerprint density at radius 1 is 1.14 bits per heavy atom. The van der Waals surface area contributed by atoms with E-state index in [2.05, 4.69) is 22.2 Å². The van der Waals surface area contributed by atoms with Gasteiger partial charge in [0.1, 0.15) is 17.6 Å². The summed E-state index contributed by atoms with van der Waals surface area (Å²) in [5.74, 6) is 2.79. The highest BCUT2D eigenvalue weighted by Crippen LogP contribution is 2.41. The van der Waals surface area contributed by atoms with Gasteiger partial charge in [-0.2, -0.15) is 4.98 Å². The molecule has 35 heavy (non-hydrogen) atoms. The van der Waals surface area contributed by atoms with Gasteiger partial charge in [0.15, 0.2) is 17.2 Å². The Balaban J connectivity index is 1.37. The highest BCUT2D eigenvalue weighted by molar-refractivity contribution is 6.02. The molecule has 3 heterocycles. The summed E-state index contributed by atoms with van der Waals surface area (Å²) in [6.45, 7) is 5.68. The summed E-state index contributed by atoms with van der Waals surface area (Å²) in [6.07, 6.45) is 8.05. The van der Waals surface area contributed by atoms with Crippen LogP contribution in [0, 0.1) is 0 Å².